The van der Waals surface area contributed by atoms with Gasteiger partial charge in [0.1, 0.15) is 12.1 Å². The maximum atomic E-state index is 13.5. The summed E-state index contributed by atoms with van der Waals surface area (Å²) in [5.74, 6) is -1.04. The van der Waals surface area contributed by atoms with Crippen LogP contribution in [0.1, 0.15) is 151 Å². The summed E-state index contributed by atoms with van der Waals surface area (Å²) >= 11 is 35.0. The molecule has 4 amide bonds. The Labute approximate surface area is 435 Å². The number of aryl methyl sites for hydroxylation is 2. The SMILES string of the molecule is Cc1cc(C)c(NC(=O)N[C@@H](Cc2ccccc2)C(=O)OCCCCCCCCCCCC(Cl)(Cl)Cl)cc1NC(=O)N[C@@H](Cc1ccccc1)C(=O)OCCCCCCCCCCCC(Cl)(Cl)Cl. The van der Waals surface area contributed by atoms with Crippen molar-refractivity contribution >= 4 is 105 Å². The first-order valence-electron chi connectivity index (χ1n) is 24.3. The number of carbonyl (C=O) groups excluding carboxylic acids is 4. The van der Waals surface area contributed by atoms with Gasteiger partial charge in [0, 0.05) is 24.2 Å². The monoisotopic (exact) mass is 1060 g/mol. The van der Waals surface area contributed by atoms with Crippen LogP contribution in [-0.4, -0.2) is 56.9 Å². The highest BCUT2D eigenvalue weighted by atomic mass is 35.6. The van der Waals surface area contributed by atoms with E-state index in [1.165, 1.54) is 0 Å². The van der Waals surface area contributed by atoms with Crippen LogP contribution in [0.5, 0.6) is 0 Å². The van der Waals surface area contributed by atoms with Crippen LogP contribution in [0.15, 0.2) is 72.8 Å². The molecule has 3 rings (SSSR count). The van der Waals surface area contributed by atoms with Crippen molar-refractivity contribution < 1.29 is 28.7 Å². The molecular weight excluding hydrogens is 989 g/mol. The molecule has 2 atom stereocenters. The molecule has 0 radical (unpaired) electrons. The topological polar surface area (TPSA) is 135 Å². The van der Waals surface area contributed by atoms with Gasteiger partial charge in [-0.2, -0.15) is 0 Å². The Bertz CT molecular complexity index is 1780. The van der Waals surface area contributed by atoms with E-state index >= 15 is 0 Å². The number of alkyl halides is 6. The van der Waals surface area contributed by atoms with Gasteiger partial charge in [-0.25, -0.2) is 19.2 Å². The minimum atomic E-state index is -1.17. The number of hydrogen-bond donors (Lipinski definition) is 4. The predicted molar refractivity (Wildman–Crippen MR) is 283 cm³/mol. The zero-order valence-corrected chi connectivity index (χ0v) is 44.3. The lowest BCUT2D eigenvalue weighted by molar-refractivity contribution is -0.146. The van der Waals surface area contributed by atoms with Gasteiger partial charge in [0.05, 0.1) is 13.2 Å². The Morgan fingerprint density at radius 1 is 0.456 bits per heavy atom. The van der Waals surface area contributed by atoms with Crippen LogP contribution in [0.25, 0.3) is 0 Å². The van der Waals surface area contributed by atoms with Crippen LogP contribution in [0.3, 0.4) is 0 Å². The van der Waals surface area contributed by atoms with Gasteiger partial charge in [0.15, 0.2) is 7.59 Å². The number of anilines is 2. The number of esters is 2. The van der Waals surface area contributed by atoms with E-state index in [-0.39, 0.29) is 26.1 Å². The molecule has 0 heterocycles. The Hall–Kier alpha value is -3.12. The first kappa shape index (κ1) is 59.2. The number of carbonyl (C=O) groups is 4. The van der Waals surface area contributed by atoms with Crippen LogP contribution < -0.4 is 21.3 Å². The summed E-state index contributed by atoms with van der Waals surface area (Å²) in [6.45, 7) is 4.19. The van der Waals surface area contributed by atoms with Gasteiger partial charge >= 0.3 is 24.0 Å². The summed E-state index contributed by atoms with van der Waals surface area (Å²) in [5.41, 5.74) is 4.07. The molecule has 3 aromatic carbocycles. The third-order valence-electron chi connectivity index (χ3n) is 11.5. The Balaban J connectivity index is 1.50. The minimum absolute atomic E-state index is 0.241. The second-order valence-corrected chi connectivity index (χ2v) is 22.6. The fourth-order valence-corrected chi connectivity index (χ4v) is 8.52. The molecule has 0 saturated heterocycles. The molecule has 0 aromatic heterocycles. The van der Waals surface area contributed by atoms with Crippen LogP contribution in [-0.2, 0) is 31.9 Å². The minimum Gasteiger partial charge on any atom is -0.464 e. The maximum Gasteiger partial charge on any atom is 0.329 e. The van der Waals surface area contributed by atoms with Gasteiger partial charge in [0.25, 0.3) is 0 Å². The van der Waals surface area contributed by atoms with E-state index in [0.29, 0.717) is 24.2 Å². The average molecular weight is 1060 g/mol. The lowest BCUT2D eigenvalue weighted by Crippen LogP contribution is -2.45. The van der Waals surface area contributed by atoms with Crippen LogP contribution >= 0.6 is 69.6 Å². The number of unbranched alkanes of at least 4 members (excludes halogenated alkanes) is 16. The Morgan fingerprint density at radius 3 is 1.09 bits per heavy atom. The first-order valence-corrected chi connectivity index (χ1v) is 26.6. The van der Waals surface area contributed by atoms with Crippen molar-refractivity contribution in [3.63, 3.8) is 0 Å². The van der Waals surface area contributed by atoms with Gasteiger partial charge in [-0.05, 0) is 80.7 Å². The second kappa shape index (κ2) is 33.5. The number of rotatable bonds is 32. The van der Waals surface area contributed by atoms with Crippen molar-refractivity contribution in [3.05, 3.63) is 95.1 Å². The molecular formula is C52H72Cl6N4O6. The van der Waals surface area contributed by atoms with Crippen LogP contribution in [0, 0.1) is 13.8 Å². The summed E-state index contributed by atoms with van der Waals surface area (Å²) in [5, 5.41) is 11.3. The van der Waals surface area contributed by atoms with Crippen molar-refractivity contribution in [1.82, 2.24) is 10.6 Å². The molecule has 0 unspecified atom stereocenters. The van der Waals surface area contributed by atoms with Gasteiger partial charge in [-0.3, -0.25) is 0 Å². The number of halogens is 6. The maximum absolute atomic E-state index is 13.5. The Morgan fingerprint density at radius 2 is 0.765 bits per heavy atom. The highest BCUT2D eigenvalue weighted by Crippen LogP contribution is 2.33. The van der Waals surface area contributed by atoms with Crippen molar-refractivity contribution in [2.45, 2.75) is 175 Å². The smallest absolute Gasteiger partial charge is 0.329 e. The van der Waals surface area contributed by atoms with Crippen molar-refractivity contribution in [2.24, 2.45) is 0 Å². The fraction of sp³-hybridized carbons (Fsp3) is 0.577. The first-order chi connectivity index (χ1) is 32.5. The molecule has 0 aliphatic rings. The summed E-state index contributed by atoms with van der Waals surface area (Å²) in [6, 6.07) is 19.2. The lowest BCUT2D eigenvalue weighted by Gasteiger charge is -2.21. The van der Waals surface area contributed by atoms with E-state index in [9.17, 15) is 19.2 Å². The van der Waals surface area contributed by atoms with E-state index in [1.807, 2.05) is 80.6 Å². The standard InChI is InChI=1S/C52H72Cl6N4O6/c1-39-35-40(2)44(60-50(66)62-46(37-42-29-21-18-22-30-42)48(64)68-34-26-16-12-8-4-6-10-14-24-32-52(56,57)58)38-43(39)59-49(65)61-45(36-41-27-19-17-20-28-41)47(63)67-33-25-15-11-7-3-5-9-13-23-31-51(53,54)55/h17-22,27-30,35,38,45-46H,3-16,23-26,31-34,36-37H2,1-2H3,(H2,59,61,65)(H2,60,62,66)/t45-,46-/m0/s1. The van der Waals surface area contributed by atoms with E-state index in [4.69, 9.17) is 79.1 Å². The highest BCUT2D eigenvalue weighted by molar-refractivity contribution is 6.68. The molecule has 0 fully saturated rings. The largest absolute Gasteiger partial charge is 0.464 e. The third kappa shape index (κ3) is 27.9. The zero-order chi connectivity index (χ0) is 49.6. The molecule has 10 nitrogen and oxygen atoms in total. The van der Waals surface area contributed by atoms with E-state index in [1.54, 1.807) is 6.07 Å². The number of ether oxygens (including phenoxy) is 2. The summed E-state index contributed by atoms with van der Waals surface area (Å²) < 4.78 is 9.00. The second-order valence-electron chi connectivity index (χ2n) is 17.6. The molecule has 3 aromatic rings. The number of nitrogens with one attached hydrogen (secondary N) is 4. The molecule has 0 aliphatic heterocycles. The number of hydrogen-bond acceptors (Lipinski definition) is 6. The average Bonchev–Trinajstić information content (AvgIpc) is 3.28. The highest BCUT2D eigenvalue weighted by Gasteiger charge is 2.26. The number of urea groups is 2. The summed E-state index contributed by atoms with van der Waals surface area (Å²) in [7, 11) is 0. The van der Waals surface area contributed by atoms with Gasteiger partial charge < -0.3 is 30.7 Å². The van der Waals surface area contributed by atoms with Crippen LogP contribution in [0.4, 0.5) is 21.0 Å². The van der Waals surface area contributed by atoms with Crippen molar-refractivity contribution in [1.29, 1.82) is 0 Å². The fourth-order valence-electron chi connectivity index (χ4n) is 7.72. The summed E-state index contributed by atoms with van der Waals surface area (Å²) in [6.07, 6.45) is 19.9. The normalized spacial score (nSPS) is 12.5. The van der Waals surface area contributed by atoms with Gasteiger partial charge in [-0.15, -0.1) is 0 Å². The number of amides is 4. The molecule has 16 heteroatoms. The number of benzene rings is 3. The van der Waals surface area contributed by atoms with E-state index < -0.39 is 43.7 Å². The van der Waals surface area contributed by atoms with E-state index in [2.05, 4.69) is 21.3 Å². The third-order valence-corrected chi connectivity index (χ3v) is 12.6. The molecule has 0 bridgehead atoms. The molecule has 378 valence electrons. The van der Waals surface area contributed by atoms with Crippen molar-refractivity contribution in [2.75, 3.05) is 23.8 Å². The molecule has 0 spiro atoms. The molecule has 4 N–H and O–H groups in total. The van der Waals surface area contributed by atoms with Gasteiger partial charge in [0.2, 0.25) is 0 Å². The van der Waals surface area contributed by atoms with E-state index in [0.717, 1.165) is 138 Å². The Kier molecular flexibility index (Phi) is 29.1. The quantitative estimate of drug-likeness (QED) is 0.0279. The van der Waals surface area contributed by atoms with Gasteiger partial charge in [-0.1, -0.05) is 226 Å². The zero-order valence-electron chi connectivity index (χ0n) is 39.8. The summed E-state index contributed by atoms with van der Waals surface area (Å²) in [4.78, 5) is 53.8. The molecule has 68 heavy (non-hydrogen) atoms. The molecule has 0 aliphatic carbocycles. The van der Waals surface area contributed by atoms with Crippen molar-refractivity contribution in [3.8, 4) is 0 Å². The predicted octanol–water partition coefficient (Wildman–Crippen LogP) is 15.4. The van der Waals surface area contributed by atoms with Crippen LogP contribution in [0.2, 0.25) is 0 Å². The molecule has 0 saturated carbocycles. The lowest BCUT2D eigenvalue weighted by atomic mass is 10.1.